The van der Waals surface area contributed by atoms with Crippen molar-refractivity contribution in [3.63, 3.8) is 0 Å². The monoisotopic (exact) mass is 261 g/mol. The van der Waals surface area contributed by atoms with Gasteiger partial charge in [0.05, 0.1) is 0 Å². The standard InChI is InChI=1S/C13H19N5O/c1-5-6-8(2)14-12(19)11-16-13-15-9(3)7-10(4)18(13)17-11/h7-8H,5-6H2,1-4H3,(H,14,19). The van der Waals surface area contributed by atoms with Crippen LogP contribution in [0.15, 0.2) is 6.07 Å². The summed E-state index contributed by atoms with van der Waals surface area (Å²) in [5.74, 6) is 0.387. The molecule has 0 bridgehead atoms. The van der Waals surface area contributed by atoms with Crippen molar-refractivity contribution in [1.82, 2.24) is 24.9 Å². The average molecular weight is 261 g/mol. The summed E-state index contributed by atoms with van der Waals surface area (Å²) in [5, 5.41) is 7.08. The molecule has 6 heteroatoms. The molecule has 2 aromatic rings. The second-order valence-electron chi connectivity index (χ2n) is 4.85. The van der Waals surface area contributed by atoms with Crippen LogP contribution in [0.4, 0.5) is 0 Å². The normalized spacial score (nSPS) is 12.6. The summed E-state index contributed by atoms with van der Waals surface area (Å²) in [6, 6.07) is 2.03. The van der Waals surface area contributed by atoms with E-state index in [1.807, 2.05) is 26.8 Å². The third-order valence-corrected chi connectivity index (χ3v) is 2.92. The first-order chi connectivity index (χ1) is 9.01. The molecular weight excluding hydrogens is 242 g/mol. The number of aryl methyl sites for hydroxylation is 2. The summed E-state index contributed by atoms with van der Waals surface area (Å²) in [6.45, 7) is 7.87. The molecule has 0 saturated carbocycles. The van der Waals surface area contributed by atoms with Crippen molar-refractivity contribution in [2.45, 2.75) is 46.6 Å². The van der Waals surface area contributed by atoms with E-state index in [0.29, 0.717) is 5.78 Å². The van der Waals surface area contributed by atoms with Crippen LogP contribution in [0.25, 0.3) is 5.78 Å². The van der Waals surface area contributed by atoms with Crippen LogP contribution >= 0.6 is 0 Å². The molecule has 19 heavy (non-hydrogen) atoms. The predicted molar refractivity (Wildman–Crippen MR) is 72.1 cm³/mol. The molecule has 6 nitrogen and oxygen atoms in total. The van der Waals surface area contributed by atoms with Gasteiger partial charge in [-0.15, -0.1) is 5.10 Å². The molecule has 2 rings (SSSR count). The molecule has 2 heterocycles. The predicted octanol–water partition coefficient (Wildman–Crippen LogP) is 1.66. The Morgan fingerprint density at radius 2 is 2.16 bits per heavy atom. The summed E-state index contributed by atoms with van der Waals surface area (Å²) in [4.78, 5) is 20.5. The van der Waals surface area contributed by atoms with Gasteiger partial charge in [0, 0.05) is 17.4 Å². The number of fused-ring (bicyclic) bond motifs is 1. The SMILES string of the molecule is CCCC(C)NC(=O)c1nc2nc(C)cc(C)n2n1. The average Bonchev–Trinajstić information content (AvgIpc) is 2.73. The highest BCUT2D eigenvalue weighted by molar-refractivity contribution is 5.91. The van der Waals surface area contributed by atoms with Gasteiger partial charge in [-0.1, -0.05) is 13.3 Å². The summed E-state index contributed by atoms with van der Waals surface area (Å²) in [7, 11) is 0. The first kappa shape index (κ1) is 13.5. The molecule has 1 N–H and O–H groups in total. The molecule has 0 spiro atoms. The Balaban J connectivity index is 2.26. The Bertz CT molecular complexity index is 604. The van der Waals surface area contributed by atoms with Crippen molar-refractivity contribution in [1.29, 1.82) is 0 Å². The molecule has 0 fully saturated rings. The molecule has 0 aliphatic rings. The van der Waals surface area contributed by atoms with Crippen LogP contribution in [0.5, 0.6) is 0 Å². The number of nitrogens with zero attached hydrogens (tertiary/aromatic N) is 4. The third kappa shape index (κ3) is 2.89. The maximum absolute atomic E-state index is 12.0. The number of hydrogen-bond acceptors (Lipinski definition) is 4. The van der Waals surface area contributed by atoms with E-state index < -0.39 is 0 Å². The maximum Gasteiger partial charge on any atom is 0.291 e. The van der Waals surface area contributed by atoms with Crippen LogP contribution in [-0.2, 0) is 0 Å². The van der Waals surface area contributed by atoms with Crippen molar-refractivity contribution < 1.29 is 4.79 Å². The number of amides is 1. The van der Waals surface area contributed by atoms with Crippen molar-refractivity contribution in [2.75, 3.05) is 0 Å². The lowest BCUT2D eigenvalue weighted by molar-refractivity contribution is 0.0928. The maximum atomic E-state index is 12.0. The van der Waals surface area contributed by atoms with E-state index in [4.69, 9.17) is 0 Å². The Morgan fingerprint density at radius 3 is 2.84 bits per heavy atom. The van der Waals surface area contributed by atoms with Gasteiger partial charge in [-0.05, 0) is 33.3 Å². The topological polar surface area (TPSA) is 72.2 Å². The molecule has 1 unspecified atom stereocenters. The Labute approximate surface area is 112 Å². The smallest absolute Gasteiger partial charge is 0.291 e. The highest BCUT2D eigenvalue weighted by Gasteiger charge is 2.16. The number of carbonyl (C=O) groups is 1. The second kappa shape index (κ2) is 5.34. The van der Waals surface area contributed by atoms with Gasteiger partial charge >= 0.3 is 0 Å². The van der Waals surface area contributed by atoms with Gasteiger partial charge in [-0.25, -0.2) is 9.50 Å². The van der Waals surface area contributed by atoms with E-state index in [1.54, 1.807) is 4.52 Å². The number of hydrogen-bond donors (Lipinski definition) is 1. The molecule has 0 radical (unpaired) electrons. The van der Waals surface area contributed by atoms with Crippen LogP contribution in [0, 0.1) is 13.8 Å². The molecule has 1 atom stereocenters. The lowest BCUT2D eigenvalue weighted by atomic mass is 10.2. The summed E-state index contributed by atoms with van der Waals surface area (Å²) >= 11 is 0. The van der Waals surface area contributed by atoms with Crippen LogP contribution in [0.3, 0.4) is 0 Å². The number of aromatic nitrogens is 4. The fraction of sp³-hybridized carbons (Fsp3) is 0.538. The third-order valence-electron chi connectivity index (χ3n) is 2.92. The van der Waals surface area contributed by atoms with E-state index in [0.717, 1.165) is 24.2 Å². The van der Waals surface area contributed by atoms with E-state index >= 15 is 0 Å². The quantitative estimate of drug-likeness (QED) is 0.908. The summed E-state index contributed by atoms with van der Waals surface area (Å²) in [6.07, 6.45) is 1.97. The zero-order valence-electron chi connectivity index (χ0n) is 11.8. The fourth-order valence-corrected chi connectivity index (χ4v) is 2.06. The lowest BCUT2D eigenvalue weighted by Gasteiger charge is -2.10. The van der Waals surface area contributed by atoms with E-state index in [1.165, 1.54) is 0 Å². The van der Waals surface area contributed by atoms with Crippen molar-refractivity contribution in [3.8, 4) is 0 Å². The lowest BCUT2D eigenvalue weighted by Crippen LogP contribution is -2.33. The fourth-order valence-electron chi connectivity index (χ4n) is 2.06. The highest BCUT2D eigenvalue weighted by Crippen LogP contribution is 2.05. The first-order valence-electron chi connectivity index (χ1n) is 6.53. The molecule has 2 aromatic heterocycles. The minimum Gasteiger partial charge on any atom is -0.347 e. The largest absolute Gasteiger partial charge is 0.347 e. The van der Waals surface area contributed by atoms with Gasteiger partial charge < -0.3 is 5.32 Å². The van der Waals surface area contributed by atoms with E-state index in [-0.39, 0.29) is 17.8 Å². The Hall–Kier alpha value is -1.98. The Kier molecular flexibility index (Phi) is 3.78. The molecule has 102 valence electrons. The summed E-state index contributed by atoms with van der Waals surface area (Å²) in [5.41, 5.74) is 1.78. The van der Waals surface area contributed by atoms with Crippen LogP contribution < -0.4 is 5.32 Å². The van der Waals surface area contributed by atoms with Crippen LogP contribution in [0.2, 0.25) is 0 Å². The van der Waals surface area contributed by atoms with Gasteiger partial charge in [0.1, 0.15) is 0 Å². The number of rotatable bonds is 4. The minimum atomic E-state index is -0.247. The zero-order chi connectivity index (χ0) is 14.0. The van der Waals surface area contributed by atoms with Crippen molar-refractivity contribution >= 4 is 11.7 Å². The Morgan fingerprint density at radius 1 is 1.42 bits per heavy atom. The van der Waals surface area contributed by atoms with Gasteiger partial charge in [0.2, 0.25) is 5.82 Å². The van der Waals surface area contributed by atoms with Gasteiger partial charge in [0.15, 0.2) is 0 Å². The molecule has 0 saturated heterocycles. The van der Waals surface area contributed by atoms with Crippen LogP contribution in [0.1, 0.15) is 48.7 Å². The number of carbonyl (C=O) groups excluding carboxylic acids is 1. The molecular formula is C13H19N5O. The molecule has 0 aromatic carbocycles. The van der Waals surface area contributed by atoms with E-state index in [2.05, 4.69) is 27.3 Å². The summed E-state index contributed by atoms with van der Waals surface area (Å²) < 4.78 is 1.59. The minimum absolute atomic E-state index is 0.125. The van der Waals surface area contributed by atoms with Gasteiger partial charge in [0.25, 0.3) is 11.7 Å². The van der Waals surface area contributed by atoms with Crippen LogP contribution in [-0.4, -0.2) is 31.5 Å². The molecule has 1 amide bonds. The first-order valence-corrected chi connectivity index (χ1v) is 6.53. The van der Waals surface area contributed by atoms with E-state index in [9.17, 15) is 4.79 Å². The highest BCUT2D eigenvalue weighted by atomic mass is 16.2. The zero-order valence-corrected chi connectivity index (χ0v) is 11.8. The van der Waals surface area contributed by atoms with Gasteiger partial charge in [-0.3, -0.25) is 4.79 Å². The van der Waals surface area contributed by atoms with Crippen molar-refractivity contribution in [3.05, 3.63) is 23.3 Å². The van der Waals surface area contributed by atoms with Crippen molar-refractivity contribution in [2.24, 2.45) is 0 Å². The molecule has 0 aliphatic heterocycles. The molecule has 0 aliphatic carbocycles. The second-order valence-corrected chi connectivity index (χ2v) is 4.85. The number of nitrogens with one attached hydrogen (secondary N) is 1. The van der Waals surface area contributed by atoms with Gasteiger partial charge in [-0.2, -0.15) is 4.98 Å².